The highest BCUT2D eigenvalue weighted by atomic mass is 127. The van der Waals surface area contributed by atoms with Crippen LogP contribution in [0.15, 0.2) is 11.1 Å². The Bertz CT molecular complexity index is 412. The molecule has 6 heteroatoms. The summed E-state index contributed by atoms with van der Waals surface area (Å²) >= 11 is 2.01. The Kier molecular flexibility index (Phi) is 3.80. The van der Waals surface area contributed by atoms with Crippen LogP contribution in [0.3, 0.4) is 0 Å². The van der Waals surface area contributed by atoms with Gasteiger partial charge in [-0.3, -0.25) is 4.79 Å². The van der Waals surface area contributed by atoms with Crippen molar-refractivity contribution in [2.45, 2.75) is 37.8 Å². The Labute approximate surface area is 107 Å². The molecular formula is C10H15IN4O. The van der Waals surface area contributed by atoms with Crippen LogP contribution in [0, 0.1) is 3.57 Å². The van der Waals surface area contributed by atoms with Gasteiger partial charge in [-0.15, -0.1) is 0 Å². The van der Waals surface area contributed by atoms with Gasteiger partial charge in [0.25, 0.3) is 5.56 Å². The number of aromatic nitrogens is 2. The van der Waals surface area contributed by atoms with Crippen molar-refractivity contribution < 1.29 is 0 Å². The lowest BCUT2D eigenvalue weighted by atomic mass is 9.92. The number of anilines is 1. The molecule has 4 N–H and O–H groups in total. The maximum atomic E-state index is 11.4. The van der Waals surface area contributed by atoms with Crippen molar-refractivity contribution in [3.05, 3.63) is 20.3 Å². The van der Waals surface area contributed by atoms with E-state index in [1.807, 2.05) is 22.6 Å². The van der Waals surface area contributed by atoms with Crippen LogP contribution in [-0.4, -0.2) is 22.1 Å². The topological polar surface area (TPSA) is 83.8 Å². The first-order valence-electron chi connectivity index (χ1n) is 5.42. The zero-order valence-corrected chi connectivity index (χ0v) is 11.0. The van der Waals surface area contributed by atoms with E-state index in [2.05, 4.69) is 15.3 Å². The lowest BCUT2D eigenvalue weighted by molar-refractivity contribution is 0.410. The third kappa shape index (κ3) is 2.73. The molecule has 0 saturated heterocycles. The monoisotopic (exact) mass is 334 g/mol. The van der Waals surface area contributed by atoms with Crippen molar-refractivity contribution in [3.8, 4) is 0 Å². The first kappa shape index (κ1) is 11.8. The van der Waals surface area contributed by atoms with E-state index in [1.165, 1.54) is 6.33 Å². The van der Waals surface area contributed by atoms with Gasteiger partial charge in [0.1, 0.15) is 9.39 Å². The standard InChI is InChI=1S/C10H15IN4O/c11-8-9(13-5-14-10(8)16)15-7-3-1-6(12)2-4-7/h5-7H,1-4,12H2,(H2,13,14,15,16). The van der Waals surface area contributed by atoms with E-state index in [9.17, 15) is 4.79 Å². The summed E-state index contributed by atoms with van der Waals surface area (Å²) in [4.78, 5) is 18.1. The summed E-state index contributed by atoms with van der Waals surface area (Å²) in [7, 11) is 0. The number of nitrogens with zero attached hydrogens (tertiary/aromatic N) is 1. The molecule has 1 saturated carbocycles. The van der Waals surface area contributed by atoms with Crippen LogP contribution in [0.25, 0.3) is 0 Å². The van der Waals surface area contributed by atoms with Gasteiger partial charge in [-0.2, -0.15) is 0 Å². The van der Waals surface area contributed by atoms with E-state index in [0.29, 0.717) is 21.5 Å². The second-order valence-electron chi connectivity index (χ2n) is 4.15. The highest BCUT2D eigenvalue weighted by Gasteiger charge is 2.19. The van der Waals surface area contributed by atoms with E-state index < -0.39 is 0 Å². The summed E-state index contributed by atoms with van der Waals surface area (Å²) in [5, 5.41) is 3.32. The minimum absolute atomic E-state index is 0.0920. The SMILES string of the molecule is NC1CCC(Nc2nc[nH]c(=O)c2I)CC1. The summed E-state index contributed by atoms with van der Waals surface area (Å²) in [5.74, 6) is 0.685. The van der Waals surface area contributed by atoms with Crippen LogP contribution < -0.4 is 16.6 Å². The molecule has 2 rings (SSSR count). The minimum atomic E-state index is -0.0920. The van der Waals surface area contributed by atoms with Crippen LogP contribution in [-0.2, 0) is 0 Å². The molecule has 0 spiro atoms. The molecule has 1 aliphatic carbocycles. The molecule has 0 atom stereocenters. The Morgan fingerprint density at radius 2 is 2.12 bits per heavy atom. The fourth-order valence-electron chi connectivity index (χ4n) is 1.94. The van der Waals surface area contributed by atoms with Gasteiger partial charge in [0.15, 0.2) is 0 Å². The molecule has 0 bridgehead atoms. The summed E-state index contributed by atoms with van der Waals surface area (Å²) in [5.41, 5.74) is 5.75. The molecule has 0 aliphatic heterocycles. The number of halogens is 1. The van der Waals surface area contributed by atoms with Crippen LogP contribution in [0.1, 0.15) is 25.7 Å². The zero-order chi connectivity index (χ0) is 11.5. The summed E-state index contributed by atoms with van der Waals surface area (Å²) in [6.45, 7) is 0. The Balaban J connectivity index is 2.04. The Hall–Kier alpha value is -0.630. The first-order valence-corrected chi connectivity index (χ1v) is 6.50. The van der Waals surface area contributed by atoms with Crippen molar-refractivity contribution in [2.24, 2.45) is 5.73 Å². The van der Waals surface area contributed by atoms with Crippen molar-refractivity contribution >= 4 is 28.4 Å². The lowest BCUT2D eigenvalue weighted by Gasteiger charge is -2.27. The number of hydrogen-bond donors (Lipinski definition) is 3. The van der Waals surface area contributed by atoms with Crippen LogP contribution >= 0.6 is 22.6 Å². The van der Waals surface area contributed by atoms with Gasteiger partial charge < -0.3 is 16.0 Å². The molecule has 88 valence electrons. The molecule has 16 heavy (non-hydrogen) atoms. The average Bonchev–Trinajstić information content (AvgIpc) is 2.28. The highest BCUT2D eigenvalue weighted by Crippen LogP contribution is 2.21. The number of rotatable bonds is 2. The number of nitrogens with one attached hydrogen (secondary N) is 2. The van der Waals surface area contributed by atoms with Crippen molar-refractivity contribution in [1.29, 1.82) is 0 Å². The van der Waals surface area contributed by atoms with Crippen LogP contribution in [0.4, 0.5) is 5.82 Å². The molecule has 5 nitrogen and oxygen atoms in total. The van der Waals surface area contributed by atoms with Gasteiger partial charge in [-0.05, 0) is 48.3 Å². The van der Waals surface area contributed by atoms with Gasteiger partial charge in [0, 0.05) is 12.1 Å². The van der Waals surface area contributed by atoms with Gasteiger partial charge in [0.05, 0.1) is 6.33 Å². The molecule has 1 aliphatic rings. The van der Waals surface area contributed by atoms with E-state index in [-0.39, 0.29) is 5.56 Å². The molecular weight excluding hydrogens is 319 g/mol. The maximum Gasteiger partial charge on any atom is 0.266 e. The second kappa shape index (κ2) is 5.13. The second-order valence-corrected chi connectivity index (χ2v) is 5.23. The molecule has 1 fully saturated rings. The first-order chi connectivity index (χ1) is 7.66. The quantitative estimate of drug-likeness (QED) is 0.706. The number of aromatic amines is 1. The predicted octanol–water partition coefficient (Wildman–Crippen LogP) is 1.06. The Morgan fingerprint density at radius 3 is 2.81 bits per heavy atom. The summed E-state index contributed by atoms with van der Waals surface area (Å²) < 4.78 is 0.620. The van der Waals surface area contributed by atoms with Crippen molar-refractivity contribution in [2.75, 3.05) is 5.32 Å². The normalized spacial score (nSPS) is 25.4. The maximum absolute atomic E-state index is 11.4. The molecule has 0 aromatic carbocycles. The largest absolute Gasteiger partial charge is 0.366 e. The fourth-order valence-corrected chi connectivity index (χ4v) is 2.39. The number of hydrogen-bond acceptors (Lipinski definition) is 4. The average molecular weight is 334 g/mol. The molecule has 0 radical (unpaired) electrons. The van der Waals surface area contributed by atoms with Crippen molar-refractivity contribution in [3.63, 3.8) is 0 Å². The number of H-pyrrole nitrogens is 1. The summed E-state index contributed by atoms with van der Waals surface area (Å²) in [6.07, 6.45) is 5.60. The summed E-state index contributed by atoms with van der Waals surface area (Å²) in [6, 6.07) is 0.729. The fraction of sp³-hybridized carbons (Fsp3) is 0.600. The molecule has 1 heterocycles. The van der Waals surface area contributed by atoms with E-state index in [1.54, 1.807) is 0 Å². The third-order valence-corrected chi connectivity index (χ3v) is 3.91. The predicted molar refractivity (Wildman–Crippen MR) is 71.4 cm³/mol. The molecule has 0 amide bonds. The number of nitrogens with two attached hydrogens (primary N) is 1. The zero-order valence-electron chi connectivity index (χ0n) is 8.87. The van der Waals surface area contributed by atoms with Gasteiger partial charge in [0.2, 0.25) is 0 Å². The lowest BCUT2D eigenvalue weighted by Crippen LogP contribution is -2.33. The van der Waals surface area contributed by atoms with Gasteiger partial charge >= 0.3 is 0 Å². The van der Waals surface area contributed by atoms with Crippen LogP contribution in [0.5, 0.6) is 0 Å². The third-order valence-electron chi connectivity index (χ3n) is 2.91. The molecule has 0 unspecified atom stereocenters. The molecule has 1 aromatic rings. The van der Waals surface area contributed by atoms with Crippen LogP contribution in [0.2, 0.25) is 0 Å². The molecule has 1 aromatic heterocycles. The van der Waals surface area contributed by atoms with Gasteiger partial charge in [-0.1, -0.05) is 0 Å². The van der Waals surface area contributed by atoms with E-state index >= 15 is 0 Å². The smallest absolute Gasteiger partial charge is 0.266 e. The highest BCUT2D eigenvalue weighted by molar-refractivity contribution is 14.1. The van der Waals surface area contributed by atoms with Gasteiger partial charge in [-0.25, -0.2) is 4.98 Å². The van der Waals surface area contributed by atoms with E-state index in [4.69, 9.17) is 5.73 Å². The Morgan fingerprint density at radius 1 is 1.44 bits per heavy atom. The minimum Gasteiger partial charge on any atom is -0.366 e. The van der Waals surface area contributed by atoms with Crippen molar-refractivity contribution in [1.82, 2.24) is 9.97 Å². The van der Waals surface area contributed by atoms with E-state index in [0.717, 1.165) is 25.7 Å².